The fraction of sp³-hybridized carbons (Fsp3) is 0.364. The maximum absolute atomic E-state index is 10.7. The minimum Gasteiger partial charge on any atom is -0.478 e. The Hall–Kier alpha value is -1.55. The smallest absolute Gasteiger partial charge is 0.335 e. The number of benzene rings is 1. The highest BCUT2D eigenvalue weighted by Gasteiger charge is 2.26. The van der Waals surface area contributed by atoms with Crippen LogP contribution in [0.2, 0.25) is 0 Å². The molecule has 1 aromatic carbocycles. The van der Waals surface area contributed by atoms with Crippen molar-refractivity contribution in [2.75, 3.05) is 5.32 Å². The van der Waals surface area contributed by atoms with Crippen LogP contribution < -0.4 is 5.32 Å². The molecular weight excluding hydrogens is 194 g/mol. The van der Waals surface area contributed by atoms with Crippen LogP contribution >= 0.6 is 0 Å². The zero-order valence-corrected chi connectivity index (χ0v) is 8.18. The number of carboxylic acid groups (broad SMARTS) is 1. The van der Waals surface area contributed by atoms with Crippen molar-refractivity contribution in [3.63, 3.8) is 0 Å². The van der Waals surface area contributed by atoms with Gasteiger partial charge in [-0.3, -0.25) is 0 Å². The Balaban J connectivity index is 2.02. The quantitative estimate of drug-likeness (QED) is 0.699. The van der Waals surface area contributed by atoms with E-state index < -0.39 is 5.97 Å². The fourth-order valence-electron chi connectivity index (χ4n) is 1.68. The summed E-state index contributed by atoms with van der Waals surface area (Å²) < 4.78 is 0. The van der Waals surface area contributed by atoms with Crippen molar-refractivity contribution in [2.24, 2.45) is 0 Å². The maximum Gasteiger partial charge on any atom is 0.335 e. The lowest BCUT2D eigenvalue weighted by Gasteiger charge is -2.32. The third kappa shape index (κ3) is 2.27. The molecule has 1 aliphatic rings. The van der Waals surface area contributed by atoms with Crippen LogP contribution in [-0.2, 0) is 0 Å². The summed E-state index contributed by atoms with van der Waals surface area (Å²) in [5.41, 5.74) is 1.08. The molecule has 0 unspecified atom stereocenters. The second-order valence-electron chi connectivity index (χ2n) is 3.85. The van der Waals surface area contributed by atoms with Gasteiger partial charge in [-0.25, -0.2) is 4.79 Å². The first kappa shape index (κ1) is 9.98. The molecule has 0 spiro atoms. The lowest BCUT2D eigenvalue weighted by atomic mass is 9.89. The van der Waals surface area contributed by atoms with Gasteiger partial charge < -0.3 is 15.5 Å². The number of nitrogens with one attached hydrogen (secondary N) is 1. The van der Waals surface area contributed by atoms with Crippen LogP contribution in [0.3, 0.4) is 0 Å². The SMILES string of the molecule is O=C(O)c1cccc(NC2CC(O)C2)c1. The van der Waals surface area contributed by atoms with Gasteiger partial charge in [-0.15, -0.1) is 0 Å². The van der Waals surface area contributed by atoms with E-state index >= 15 is 0 Å². The number of hydrogen-bond acceptors (Lipinski definition) is 3. The second kappa shape index (κ2) is 3.90. The summed E-state index contributed by atoms with van der Waals surface area (Å²) in [6.07, 6.45) is 1.26. The van der Waals surface area contributed by atoms with Crippen molar-refractivity contribution in [3.05, 3.63) is 29.8 Å². The summed E-state index contributed by atoms with van der Waals surface area (Å²) in [7, 11) is 0. The Bertz CT molecular complexity index is 372. The van der Waals surface area contributed by atoms with E-state index in [0.29, 0.717) is 0 Å². The minimum atomic E-state index is -0.924. The van der Waals surface area contributed by atoms with E-state index in [2.05, 4.69) is 5.32 Å². The average Bonchev–Trinajstić information content (AvgIpc) is 2.16. The summed E-state index contributed by atoms with van der Waals surface area (Å²) in [6.45, 7) is 0. The Kier molecular flexibility index (Phi) is 2.60. The topological polar surface area (TPSA) is 69.6 Å². The number of carboxylic acids is 1. The molecule has 15 heavy (non-hydrogen) atoms. The molecule has 4 nitrogen and oxygen atoms in total. The summed E-state index contributed by atoms with van der Waals surface area (Å²) >= 11 is 0. The van der Waals surface area contributed by atoms with Crippen molar-refractivity contribution in [1.29, 1.82) is 0 Å². The van der Waals surface area contributed by atoms with Crippen LogP contribution in [0.25, 0.3) is 0 Å². The fourth-order valence-corrected chi connectivity index (χ4v) is 1.68. The highest BCUT2D eigenvalue weighted by molar-refractivity contribution is 5.88. The van der Waals surface area contributed by atoms with Gasteiger partial charge in [0.05, 0.1) is 11.7 Å². The van der Waals surface area contributed by atoms with Crippen LogP contribution in [0.1, 0.15) is 23.2 Å². The average molecular weight is 207 g/mol. The van der Waals surface area contributed by atoms with Gasteiger partial charge in [0.15, 0.2) is 0 Å². The van der Waals surface area contributed by atoms with Crippen molar-refractivity contribution in [1.82, 2.24) is 0 Å². The molecule has 2 rings (SSSR count). The molecule has 0 radical (unpaired) electrons. The monoisotopic (exact) mass is 207 g/mol. The molecule has 0 aliphatic heterocycles. The van der Waals surface area contributed by atoms with Crippen LogP contribution in [0.5, 0.6) is 0 Å². The molecule has 1 aromatic rings. The first-order valence-corrected chi connectivity index (χ1v) is 4.93. The van der Waals surface area contributed by atoms with Gasteiger partial charge in [0.2, 0.25) is 0 Å². The number of hydrogen-bond donors (Lipinski definition) is 3. The standard InChI is InChI=1S/C11H13NO3/c13-10-5-9(6-10)12-8-3-1-2-7(4-8)11(14)15/h1-4,9-10,12-13H,5-6H2,(H,14,15). The van der Waals surface area contributed by atoms with Crippen LogP contribution in [0.15, 0.2) is 24.3 Å². The second-order valence-corrected chi connectivity index (χ2v) is 3.85. The number of carbonyl (C=O) groups is 1. The van der Waals surface area contributed by atoms with E-state index in [1.54, 1.807) is 18.2 Å². The van der Waals surface area contributed by atoms with E-state index in [1.807, 2.05) is 6.07 Å². The van der Waals surface area contributed by atoms with Gasteiger partial charge in [0.1, 0.15) is 0 Å². The van der Waals surface area contributed by atoms with Crippen LogP contribution in [0, 0.1) is 0 Å². The van der Waals surface area contributed by atoms with Crippen molar-refractivity contribution in [3.8, 4) is 0 Å². The molecule has 3 N–H and O–H groups in total. The molecule has 0 aromatic heterocycles. The van der Waals surface area contributed by atoms with Gasteiger partial charge in [-0.05, 0) is 31.0 Å². The number of aromatic carboxylic acids is 1. The maximum atomic E-state index is 10.7. The highest BCUT2D eigenvalue weighted by Crippen LogP contribution is 2.24. The lowest BCUT2D eigenvalue weighted by molar-refractivity contribution is 0.0696. The zero-order chi connectivity index (χ0) is 10.8. The number of aliphatic hydroxyl groups excluding tert-OH is 1. The molecule has 1 fully saturated rings. The predicted octanol–water partition coefficient (Wildman–Crippen LogP) is 1.32. The van der Waals surface area contributed by atoms with E-state index in [1.165, 1.54) is 0 Å². The van der Waals surface area contributed by atoms with Crippen molar-refractivity contribution < 1.29 is 15.0 Å². The Labute approximate surface area is 87.6 Å². The van der Waals surface area contributed by atoms with Gasteiger partial charge in [0, 0.05) is 11.7 Å². The molecule has 80 valence electrons. The van der Waals surface area contributed by atoms with E-state index in [9.17, 15) is 4.79 Å². The first-order chi connectivity index (χ1) is 7.15. The summed E-state index contributed by atoms with van der Waals surface area (Å²) in [4.78, 5) is 10.7. The number of anilines is 1. The van der Waals surface area contributed by atoms with Crippen LogP contribution in [0.4, 0.5) is 5.69 Å². The molecule has 0 bridgehead atoms. The van der Waals surface area contributed by atoms with E-state index in [-0.39, 0.29) is 17.7 Å². The molecule has 1 saturated carbocycles. The summed E-state index contributed by atoms with van der Waals surface area (Å²) in [6, 6.07) is 6.97. The predicted molar refractivity (Wildman–Crippen MR) is 56.1 cm³/mol. The largest absolute Gasteiger partial charge is 0.478 e. The van der Waals surface area contributed by atoms with Crippen molar-refractivity contribution in [2.45, 2.75) is 25.0 Å². The summed E-state index contributed by atoms with van der Waals surface area (Å²) in [5.74, 6) is -0.924. The molecule has 0 atom stereocenters. The third-order valence-electron chi connectivity index (χ3n) is 2.59. The molecule has 0 heterocycles. The van der Waals surface area contributed by atoms with Gasteiger partial charge in [-0.1, -0.05) is 6.07 Å². The Morgan fingerprint density at radius 3 is 2.73 bits per heavy atom. The lowest BCUT2D eigenvalue weighted by Crippen LogP contribution is -2.38. The Morgan fingerprint density at radius 1 is 1.40 bits per heavy atom. The van der Waals surface area contributed by atoms with Gasteiger partial charge >= 0.3 is 5.97 Å². The zero-order valence-electron chi connectivity index (χ0n) is 8.18. The van der Waals surface area contributed by atoms with E-state index in [4.69, 9.17) is 10.2 Å². The number of aliphatic hydroxyl groups is 1. The molecule has 1 aliphatic carbocycles. The van der Waals surface area contributed by atoms with Crippen molar-refractivity contribution >= 4 is 11.7 Å². The number of rotatable bonds is 3. The Morgan fingerprint density at radius 2 is 2.13 bits per heavy atom. The van der Waals surface area contributed by atoms with Crippen LogP contribution in [-0.4, -0.2) is 28.3 Å². The highest BCUT2D eigenvalue weighted by atomic mass is 16.4. The molecular formula is C11H13NO3. The van der Waals surface area contributed by atoms with Gasteiger partial charge in [0.25, 0.3) is 0 Å². The van der Waals surface area contributed by atoms with E-state index in [0.717, 1.165) is 18.5 Å². The molecule has 0 amide bonds. The third-order valence-corrected chi connectivity index (χ3v) is 2.59. The minimum absolute atomic E-state index is 0.204. The molecule has 0 saturated heterocycles. The summed E-state index contributed by atoms with van der Waals surface area (Å²) in [5, 5.41) is 21.1. The van der Waals surface area contributed by atoms with Gasteiger partial charge in [-0.2, -0.15) is 0 Å². The first-order valence-electron chi connectivity index (χ1n) is 4.93. The molecule has 4 heteroatoms. The normalized spacial score (nSPS) is 24.3.